The van der Waals surface area contributed by atoms with Gasteiger partial charge in [0.2, 0.25) is 5.58 Å². The van der Waals surface area contributed by atoms with Crippen LogP contribution in [-0.2, 0) is 6.54 Å². The Kier molecular flexibility index (Phi) is 4.44. The number of nitrogens with one attached hydrogen (secondary N) is 2. The Hall–Kier alpha value is -3.32. The molecule has 0 aliphatic carbocycles. The van der Waals surface area contributed by atoms with Gasteiger partial charge in [0.05, 0.1) is 33.3 Å². The van der Waals surface area contributed by atoms with Crippen LogP contribution in [0.25, 0.3) is 22.1 Å². The molecule has 0 amide bonds. The van der Waals surface area contributed by atoms with Crippen molar-refractivity contribution in [3.63, 3.8) is 0 Å². The molecule has 3 heterocycles. The van der Waals surface area contributed by atoms with Gasteiger partial charge in [-0.15, -0.1) is 0 Å². The highest BCUT2D eigenvalue weighted by Gasteiger charge is 2.22. The van der Waals surface area contributed by atoms with Crippen molar-refractivity contribution in [3.8, 4) is 5.75 Å². The molecule has 0 bridgehead atoms. The first-order valence-electron chi connectivity index (χ1n) is 9.84. The van der Waals surface area contributed by atoms with Gasteiger partial charge < -0.3 is 23.9 Å². The summed E-state index contributed by atoms with van der Waals surface area (Å²) in [5.41, 5.74) is 2.61. The lowest BCUT2D eigenvalue weighted by atomic mass is 10.2. The van der Waals surface area contributed by atoms with Crippen LogP contribution < -0.4 is 20.1 Å². The second kappa shape index (κ2) is 7.25. The van der Waals surface area contributed by atoms with E-state index in [0.717, 1.165) is 37.3 Å². The Morgan fingerprint density at radius 1 is 1.17 bits per heavy atom. The molecular formula is C22H23N4O3+. The third-order valence-corrected chi connectivity index (χ3v) is 5.59. The van der Waals surface area contributed by atoms with Crippen molar-refractivity contribution in [1.82, 2.24) is 9.97 Å². The van der Waals surface area contributed by atoms with E-state index < -0.39 is 0 Å². The summed E-state index contributed by atoms with van der Waals surface area (Å²) in [6.45, 7) is 4.54. The molecule has 1 fully saturated rings. The van der Waals surface area contributed by atoms with E-state index in [1.807, 2.05) is 36.4 Å². The van der Waals surface area contributed by atoms with Crippen LogP contribution in [0.4, 0.5) is 5.69 Å². The van der Waals surface area contributed by atoms with Crippen molar-refractivity contribution < 1.29 is 14.1 Å². The summed E-state index contributed by atoms with van der Waals surface area (Å²) in [6.07, 6.45) is 0. The summed E-state index contributed by atoms with van der Waals surface area (Å²) in [6, 6.07) is 15.8. The lowest BCUT2D eigenvalue weighted by molar-refractivity contribution is -0.915. The minimum Gasteiger partial charge on any atom is -0.497 e. The van der Waals surface area contributed by atoms with Gasteiger partial charge in [-0.3, -0.25) is 4.79 Å². The number of anilines is 1. The summed E-state index contributed by atoms with van der Waals surface area (Å²) in [5.74, 6) is 1.58. The van der Waals surface area contributed by atoms with Crippen molar-refractivity contribution >= 4 is 27.8 Å². The van der Waals surface area contributed by atoms with E-state index >= 15 is 0 Å². The van der Waals surface area contributed by atoms with E-state index in [2.05, 4.69) is 22.0 Å². The standard InChI is InChI=1S/C22H22N4O3/c1-28-16-6-4-5-15(13-16)26-11-9-25(10-12-26)14-19-23-20-17-7-2-3-8-18(17)29-21(20)22(27)24-19/h2-8,13H,9-12,14H2,1H3,(H,23,24,27)/p+1. The van der Waals surface area contributed by atoms with Crippen LogP contribution in [0, 0.1) is 0 Å². The molecule has 7 heteroatoms. The number of hydrogen-bond donors (Lipinski definition) is 2. The van der Waals surface area contributed by atoms with Gasteiger partial charge in [0, 0.05) is 17.1 Å². The average Bonchev–Trinajstić information content (AvgIpc) is 3.14. The van der Waals surface area contributed by atoms with Crippen molar-refractivity contribution in [2.45, 2.75) is 6.54 Å². The molecule has 148 valence electrons. The number of furan rings is 1. The molecule has 0 unspecified atom stereocenters. The number of H-pyrrole nitrogens is 1. The number of ether oxygens (including phenoxy) is 1. The number of quaternary nitrogens is 1. The molecule has 1 aliphatic rings. The number of piperazine rings is 1. The van der Waals surface area contributed by atoms with Gasteiger partial charge >= 0.3 is 0 Å². The third-order valence-electron chi connectivity index (χ3n) is 5.59. The number of fused-ring (bicyclic) bond motifs is 3. The van der Waals surface area contributed by atoms with Crippen LogP contribution in [0.15, 0.2) is 57.7 Å². The summed E-state index contributed by atoms with van der Waals surface area (Å²) < 4.78 is 11.0. The Morgan fingerprint density at radius 3 is 2.83 bits per heavy atom. The number of nitrogens with zero attached hydrogens (tertiary/aromatic N) is 2. The highest BCUT2D eigenvalue weighted by molar-refractivity contribution is 6.01. The van der Waals surface area contributed by atoms with Crippen molar-refractivity contribution in [2.24, 2.45) is 0 Å². The fourth-order valence-electron chi connectivity index (χ4n) is 4.03. The topological polar surface area (TPSA) is 75.8 Å². The lowest BCUT2D eigenvalue weighted by Gasteiger charge is -2.33. The maximum Gasteiger partial charge on any atom is 0.294 e. The zero-order valence-electron chi connectivity index (χ0n) is 16.3. The molecule has 29 heavy (non-hydrogen) atoms. The number of rotatable bonds is 4. The van der Waals surface area contributed by atoms with Gasteiger partial charge in [-0.25, -0.2) is 4.98 Å². The van der Waals surface area contributed by atoms with Crippen LogP contribution in [0.1, 0.15) is 5.82 Å². The number of aromatic nitrogens is 2. The first kappa shape index (κ1) is 17.8. The largest absolute Gasteiger partial charge is 0.497 e. The number of para-hydroxylation sites is 1. The molecule has 2 N–H and O–H groups in total. The zero-order valence-corrected chi connectivity index (χ0v) is 16.3. The Balaban J connectivity index is 1.33. The molecule has 2 aromatic heterocycles. The number of hydrogen-bond acceptors (Lipinski definition) is 5. The molecular weight excluding hydrogens is 368 g/mol. The minimum atomic E-state index is -0.212. The molecule has 0 spiro atoms. The van der Waals surface area contributed by atoms with E-state index in [4.69, 9.17) is 14.1 Å². The van der Waals surface area contributed by atoms with E-state index in [0.29, 0.717) is 29.1 Å². The fourth-order valence-corrected chi connectivity index (χ4v) is 4.03. The van der Waals surface area contributed by atoms with Crippen LogP contribution >= 0.6 is 0 Å². The predicted octanol–water partition coefficient (Wildman–Crippen LogP) is 1.58. The molecule has 0 saturated carbocycles. The number of benzene rings is 2. The molecule has 1 aliphatic heterocycles. The summed E-state index contributed by atoms with van der Waals surface area (Å²) in [5, 5.41) is 0.882. The lowest BCUT2D eigenvalue weighted by Crippen LogP contribution is -3.13. The normalized spacial score (nSPS) is 15.3. The van der Waals surface area contributed by atoms with E-state index in [-0.39, 0.29) is 5.56 Å². The minimum absolute atomic E-state index is 0.212. The second-order valence-corrected chi connectivity index (χ2v) is 7.40. The highest BCUT2D eigenvalue weighted by Crippen LogP contribution is 2.24. The van der Waals surface area contributed by atoms with Gasteiger partial charge in [-0.1, -0.05) is 18.2 Å². The first-order chi connectivity index (χ1) is 14.2. The van der Waals surface area contributed by atoms with Crippen LogP contribution in [0.5, 0.6) is 5.75 Å². The average molecular weight is 391 g/mol. The monoisotopic (exact) mass is 391 g/mol. The van der Waals surface area contributed by atoms with Gasteiger partial charge in [-0.05, 0) is 24.3 Å². The third kappa shape index (κ3) is 3.34. The SMILES string of the molecule is COc1cccc(N2CC[NH+](Cc3nc4c(oc5ccccc54)c(=O)[nH]3)CC2)c1. The van der Waals surface area contributed by atoms with Crippen LogP contribution in [0.3, 0.4) is 0 Å². The highest BCUT2D eigenvalue weighted by atomic mass is 16.5. The molecule has 2 aromatic carbocycles. The number of aromatic amines is 1. The molecule has 1 saturated heterocycles. The Morgan fingerprint density at radius 2 is 2.00 bits per heavy atom. The fraction of sp³-hybridized carbons (Fsp3) is 0.273. The predicted molar refractivity (Wildman–Crippen MR) is 112 cm³/mol. The van der Waals surface area contributed by atoms with Crippen molar-refractivity contribution in [2.75, 3.05) is 38.2 Å². The Labute approximate surface area is 167 Å². The van der Waals surface area contributed by atoms with Crippen LogP contribution in [0.2, 0.25) is 0 Å². The van der Waals surface area contributed by atoms with E-state index in [9.17, 15) is 4.79 Å². The quantitative estimate of drug-likeness (QED) is 0.553. The van der Waals surface area contributed by atoms with Gasteiger partial charge in [0.15, 0.2) is 5.82 Å². The van der Waals surface area contributed by atoms with Gasteiger partial charge in [0.1, 0.15) is 23.4 Å². The first-order valence-corrected chi connectivity index (χ1v) is 9.84. The summed E-state index contributed by atoms with van der Waals surface area (Å²) in [4.78, 5) is 23.9. The van der Waals surface area contributed by atoms with Crippen molar-refractivity contribution in [1.29, 1.82) is 0 Å². The smallest absolute Gasteiger partial charge is 0.294 e. The maximum absolute atomic E-state index is 12.5. The number of methoxy groups -OCH3 is 1. The summed E-state index contributed by atoms with van der Waals surface area (Å²) in [7, 11) is 1.69. The van der Waals surface area contributed by atoms with Gasteiger partial charge in [-0.2, -0.15) is 0 Å². The molecule has 4 aromatic rings. The van der Waals surface area contributed by atoms with E-state index in [1.165, 1.54) is 10.6 Å². The maximum atomic E-state index is 12.5. The molecule has 0 atom stereocenters. The molecule has 7 nitrogen and oxygen atoms in total. The molecule has 5 rings (SSSR count). The van der Waals surface area contributed by atoms with E-state index in [1.54, 1.807) is 7.11 Å². The second-order valence-electron chi connectivity index (χ2n) is 7.40. The Bertz CT molecular complexity index is 1220. The van der Waals surface area contributed by atoms with Gasteiger partial charge in [0.25, 0.3) is 5.56 Å². The van der Waals surface area contributed by atoms with Crippen LogP contribution in [-0.4, -0.2) is 43.3 Å². The zero-order chi connectivity index (χ0) is 19.8. The molecule has 0 radical (unpaired) electrons. The van der Waals surface area contributed by atoms with Crippen molar-refractivity contribution in [3.05, 3.63) is 64.7 Å². The summed E-state index contributed by atoms with van der Waals surface area (Å²) >= 11 is 0.